The molecule has 7 nitrogen and oxygen atoms in total. The van der Waals surface area contributed by atoms with Gasteiger partial charge in [-0.3, -0.25) is 4.57 Å². The van der Waals surface area contributed by atoms with Crippen LogP contribution in [0.4, 0.5) is 0 Å². The number of hydrogen-bond donors (Lipinski definition) is 0. The molecular formula is C14H19O7P. The lowest BCUT2D eigenvalue weighted by molar-refractivity contribution is 0.0587. The van der Waals surface area contributed by atoms with Gasteiger partial charge in [-0.1, -0.05) is 0 Å². The molecule has 0 amide bonds. The average molecular weight is 330 g/mol. The molecule has 0 bridgehead atoms. The van der Waals surface area contributed by atoms with E-state index in [-0.39, 0.29) is 29.6 Å². The van der Waals surface area contributed by atoms with Crippen molar-refractivity contribution in [1.29, 1.82) is 0 Å². The molecule has 1 aromatic carbocycles. The Labute approximate surface area is 129 Å². The molecule has 0 spiro atoms. The van der Waals surface area contributed by atoms with Crippen LogP contribution in [0.5, 0.6) is 0 Å². The first kappa shape index (κ1) is 18.4. The molecule has 8 heteroatoms. The minimum atomic E-state index is -3.76. The fraction of sp³-hybridized carbons (Fsp3) is 0.429. The molecule has 0 unspecified atom stereocenters. The van der Waals surface area contributed by atoms with E-state index in [9.17, 15) is 14.2 Å². The first-order valence-corrected chi connectivity index (χ1v) is 8.18. The van der Waals surface area contributed by atoms with Crippen molar-refractivity contribution < 1.29 is 32.7 Å². The lowest BCUT2D eigenvalue weighted by Gasteiger charge is -2.19. The Morgan fingerprint density at radius 1 is 1.00 bits per heavy atom. The maximum atomic E-state index is 12.9. The summed E-state index contributed by atoms with van der Waals surface area (Å²) in [5.41, 5.74) is 0.144. The topological polar surface area (TPSA) is 88.1 Å². The van der Waals surface area contributed by atoms with E-state index in [4.69, 9.17) is 9.05 Å². The second-order valence-corrected chi connectivity index (χ2v) is 6.04. The first-order valence-electron chi connectivity index (χ1n) is 6.63. The fourth-order valence-electron chi connectivity index (χ4n) is 1.80. The molecule has 122 valence electrons. The molecule has 0 fully saturated rings. The van der Waals surface area contributed by atoms with E-state index in [2.05, 4.69) is 9.47 Å². The summed E-state index contributed by atoms with van der Waals surface area (Å²) in [5.74, 6) is -1.33. The summed E-state index contributed by atoms with van der Waals surface area (Å²) in [6.45, 7) is 3.52. The number of carbonyl (C=O) groups is 2. The minimum Gasteiger partial charge on any atom is -0.465 e. The summed E-state index contributed by atoms with van der Waals surface area (Å²) < 4.78 is 32.7. The van der Waals surface area contributed by atoms with Crippen LogP contribution in [0.1, 0.15) is 34.6 Å². The molecule has 1 rings (SSSR count). The number of hydrogen-bond acceptors (Lipinski definition) is 7. The van der Waals surface area contributed by atoms with Gasteiger partial charge in [0.05, 0.1) is 43.9 Å². The number of esters is 2. The molecule has 0 aliphatic carbocycles. The molecule has 0 saturated heterocycles. The molecule has 0 aliphatic rings. The highest BCUT2D eigenvalue weighted by Gasteiger charge is 2.33. The van der Waals surface area contributed by atoms with Crippen LogP contribution in [0.3, 0.4) is 0 Å². The largest absolute Gasteiger partial charge is 0.465 e. The number of ether oxygens (including phenoxy) is 2. The summed E-state index contributed by atoms with van der Waals surface area (Å²) in [4.78, 5) is 23.5. The summed E-state index contributed by atoms with van der Waals surface area (Å²) in [6.07, 6.45) is 0. The van der Waals surface area contributed by atoms with Crippen molar-refractivity contribution in [3.8, 4) is 0 Å². The quantitative estimate of drug-likeness (QED) is 0.559. The third-order valence-corrected chi connectivity index (χ3v) is 4.87. The minimum absolute atomic E-state index is 0.0142. The molecule has 0 aromatic heterocycles. The zero-order valence-corrected chi connectivity index (χ0v) is 13.8. The van der Waals surface area contributed by atoms with Gasteiger partial charge in [0.15, 0.2) is 0 Å². The van der Waals surface area contributed by atoms with Crippen molar-refractivity contribution in [3.05, 3.63) is 29.3 Å². The zero-order valence-electron chi connectivity index (χ0n) is 13.0. The third kappa shape index (κ3) is 3.94. The predicted octanol–water partition coefficient (Wildman–Crippen LogP) is 2.15. The molecular weight excluding hydrogens is 311 g/mol. The van der Waals surface area contributed by atoms with Crippen LogP contribution in [-0.2, 0) is 23.1 Å². The van der Waals surface area contributed by atoms with Crippen molar-refractivity contribution >= 4 is 24.8 Å². The predicted molar refractivity (Wildman–Crippen MR) is 79.6 cm³/mol. The summed E-state index contributed by atoms with van der Waals surface area (Å²) >= 11 is 0. The van der Waals surface area contributed by atoms with Crippen LogP contribution >= 0.6 is 7.60 Å². The Balaban J connectivity index is 3.52. The van der Waals surface area contributed by atoms with E-state index >= 15 is 0 Å². The zero-order chi connectivity index (χ0) is 16.8. The van der Waals surface area contributed by atoms with Gasteiger partial charge in [0, 0.05) is 0 Å². The van der Waals surface area contributed by atoms with E-state index in [1.165, 1.54) is 32.4 Å². The van der Waals surface area contributed by atoms with Gasteiger partial charge in [-0.05, 0) is 32.0 Å². The van der Waals surface area contributed by atoms with Crippen LogP contribution in [0.2, 0.25) is 0 Å². The lowest BCUT2D eigenvalue weighted by Crippen LogP contribution is -2.22. The Bertz CT molecular complexity index is 587. The molecule has 0 saturated carbocycles. The van der Waals surface area contributed by atoms with Crippen molar-refractivity contribution in [2.75, 3.05) is 27.4 Å². The number of carbonyl (C=O) groups excluding carboxylic acids is 2. The Morgan fingerprint density at radius 2 is 1.55 bits per heavy atom. The highest BCUT2D eigenvalue weighted by Crippen LogP contribution is 2.48. The molecule has 0 heterocycles. The maximum Gasteiger partial charge on any atom is 0.362 e. The van der Waals surface area contributed by atoms with Crippen LogP contribution in [0, 0.1) is 0 Å². The highest BCUT2D eigenvalue weighted by molar-refractivity contribution is 7.62. The second kappa shape index (κ2) is 8.08. The molecule has 0 aliphatic heterocycles. The fourth-order valence-corrected chi connectivity index (χ4v) is 3.59. The Morgan fingerprint density at radius 3 is 2.00 bits per heavy atom. The number of benzene rings is 1. The van der Waals surface area contributed by atoms with E-state index in [1.54, 1.807) is 13.8 Å². The van der Waals surface area contributed by atoms with E-state index in [0.29, 0.717) is 0 Å². The number of rotatable bonds is 7. The first-order chi connectivity index (χ1) is 10.4. The van der Waals surface area contributed by atoms with Crippen molar-refractivity contribution in [2.24, 2.45) is 0 Å². The molecule has 0 radical (unpaired) electrons. The molecule has 22 heavy (non-hydrogen) atoms. The van der Waals surface area contributed by atoms with E-state index < -0.39 is 19.5 Å². The highest BCUT2D eigenvalue weighted by atomic mass is 31.2. The molecule has 0 N–H and O–H groups in total. The Hall–Kier alpha value is -1.69. The van der Waals surface area contributed by atoms with Crippen molar-refractivity contribution in [2.45, 2.75) is 13.8 Å². The Kier molecular flexibility index (Phi) is 6.74. The standard InChI is InChI=1S/C14H19O7P/c1-5-20-22(17,21-6-2)12-9-10(13(15)18-3)7-8-11(12)14(16)19-4/h7-9H,5-6H2,1-4H3. The van der Waals surface area contributed by atoms with Crippen LogP contribution < -0.4 is 5.30 Å². The SMILES string of the molecule is CCOP(=O)(OCC)c1cc(C(=O)OC)ccc1C(=O)OC. The van der Waals surface area contributed by atoms with E-state index in [1.807, 2.05) is 0 Å². The van der Waals surface area contributed by atoms with Gasteiger partial charge in [-0.25, -0.2) is 9.59 Å². The van der Waals surface area contributed by atoms with Crippen LogP contribution in [-0.4, -0.2) is 39.4 Å². The number of methoxy groups -OCH3 is 2. The van der Waals surface area contributed by atoms with Gasteiger partial charge in [0.25, 0.3) is 0 Å². The van der Waals surface area contributed by atoms with Crippen LogP contribution in [0.15, 0.2) is 18.2 Å². The maximum absolute atomic E-state index is 12.9. The monoisotopic (exact) mass is 330 g/mol. The van der Waals surface area contributed by atoms with Crippen molar-refractivity contribution in [1.82, 2.24) is 0 Å². The van der Waals surface area contributed by atoms with Crippen LogP contribution in [0.25, 0.3) is 0 Å². The summed E-state index contributed by atoms with van der Waals surface area (Å²) in [5, 5.41) is -0.0223. The summed E-state index contributed by atoms with van der Waals surface area (Å²) in [7, 11) is -1.34. The van der Waals surface area contributed by atoms with Gasteiger partial charge < -0.3 is 18.5 Å². The van der Waals surface area contributed by atoms with Crippen molar-refractivity contribution in [3.63, 3.8) is 0 Å². The molecule has 1 aromatic rings. The van der Waals surface area contributed by atoms with Gasteiger partial charge in [-0.15, -0.1) is 0 Å². The van der Waals surface area contributed by atoms with Gasteiger partial charge in [0.2, 0.25) is 0 Å². The van der Waals surface area contributed by atoms with Gasteiger partial charge >= 0.3 is 19.5 Å². The normalized spacial score (nSPS) is 11.1. The third-order valence-electron chi connectivity index (χ3n) is 2.72. The smallest absolute Gasteiger partial charge is 0.362 e. The molecule has 0 atom stereocenters. The lowest BCUT2D eigenvalue weighted by atomic mass is 10.1. The second-order valence-electron chi connectivity index (χ2n) is 4.05. The average Bonchev–Trinajstić information content (AvgIpc) is 2.53. The summed E-state index contributed by atoms with van der Waals surface area (Å²) in [6, 6.07) is 3.98. The van der Waals surface area contributed by atoms with E-state index in [0.717, 1.165) is 0 Å². The van der Waals surface area contributed by atoms with Gasteiger partial charge in [-0.2, -0.15) is 0 Å². The van der Waals surface area contributed by atoms with Gasteiger partial charge in [0.1, 0.15) is 0 Å².